The van der Waals surface area contributed by atoms with E-state index in [0.717, 1.165) is 11.3 Å². The smallest absolute Gasteiger partial charge is 0.303 e. The Kier molecular flexibility index (Phi) is 5.74. The van der Waals surface area contributed by atoms with Gasteiger partial charge in [-0.25, -0.2) is 0 Å². The molecule has 0 heterocycles. The highest BCUT2D eigenvalue weighted by atomic mass is 16.5. The fraction of sp³-hybridized carbons (Fsp3) is 0.222. The Labute approximate surface area is 135 Å². The highest BCUT2D eigenvalue weighted by Gasteiger charge is 2.23. The summed E-state index contributed by atoms with van der Waals surface area (Å²) < 4.78 is 10.2. The fourth-order valence-electron chi connectivity index (χ4n) is 2.09. The summed E-state index contributed by atoms with van der Waals surface area (Å²) in [5, 5.41) is 2.78. The largest absolute Gasteiger partial charge is 0.497 e. The Morgan fingerprint density at radius 1 is 1.04 bits per heavy atom. The lowest BCUT2D eigenvalue weighted by molar-refractivity contribution is -0.154. The first kappa shape index (κ1) is 16.5. The molecule has 0 spiro atoms. The molecular weight excluding hydrogens is 294 g/mol. The van der Waals surface area contributed by atoms with Crippen LogP contribution in [0.1, 0.15) is 24.2 Å². The molecule has 1 atom stereocenters. The number of methoxy groups -OCH3 is 1. The number of ether oxygens (including phenoxy) is 2. The van der Waals surface area contributed by atoms with Gasteiger partial charge < -0.3 is 14.8 Å². The lowest BCUT2D eigenvalue weighted by Crippen LogP contribution is -2.31. The van der Waals surface area contributed by atoms with E-state index in [4.69, 9.17) is 9.47 Å². The van der Waals surface area contributed by atoms with Gasteiger partial charge in [-0.1, -0.05) is 42.5 Å². The number of nitrogens with one attached hydrogen (secondary N) is 1. The van der Waals surface area contributed by atoms with E-state index in [9.17, 15) is 9.59 Å². The van der Waals surface area contributed by atoms with E-state index in [-0.39, 0.29) is 5.91 Å². The molecule has 0 aromatic heterocycles. The zero-order valence-electron chi connectivity index (χ0n) is 13.1. The maximum atomic E-state index is 12.4. The summed E-state index contributed by atoms with van der Waals surface area (Å²) in [7, 11) is 1.60. The van der Waals surface area contributed by atoms with Crippen molar-refractivity contribution in [1.29, 1.82) is 0 Å². The van der Waals surface area contributed by atoms with E-state index >= 15 is 0 Å². The lowest BCUT2D eigenvalue weighted by atomic mass is 10.1. The number of esters is 1. The Balaban J connectivity index is 2.03. The number of carbonyl (C=O) groups is 2. The molecule has 5 heteroatoms. The summed E-state index contributed by atoms with van der Waals surface area (Å²) in [6.07, 6.45) is -0.952. The highest BCUT2D eigenvalue weighted by Crippen LogP contribution is 2.18. The van der Waals surface area contributed by atoms with Gasteiger partial charge in [0.25, 0.3) is 5.91 Å². The van der Waals surface area contributed by atoms with Crippen LogP contribution < -0.4 is 10.1 Å². The molecule has 0 saturated heterocycles. The van der Waals surface area contributed by atoms with Crippen LogP contribution in [0.3, 0.4) is 0 Å². The Bertz CT molecular complexity index is 652. The molecule has 1 unspecified atom stereocenters. The van der Waals surface area contributed by atoms with E-state index in [1.165, 1.54) is 6.92 Å². The number of amides is 1. The first-order valence-corrected chi connectivity index (χ1v) is 7.23. The highest BCUT2D eigenvalue weighted by molar-refractivity contribution is 5.84. The third-order valence-electron chi connectivity index (χ3n) is 3.25. The van der Waals surface area contributed by atoms with Crippen molar-refractivity contribution in [2.75, 3.05) is 7.11 Å². The van der Waals surface area contributed by atoms with Crippen LogP contribution in [0.4, 0.5) is 0 Å². The van der Waals surface area contributed by atoms with Crippen molar-refractivity contribution in [1.82, 2.24) is 5.32 Å². The van der Waals surface area contributed by atoms with Crippen molar-refractivity contribution >= 4 is 11.9 Å². The van der Waals surface area contributed by atoms with Gasteiger partial charge in [-0.15, -0.1) is 0 Å². The van der Waals surface area contributed by atoms with Crippen molar-refractivity contribution in [3.8, 4) is 5.75 Å². The molecule has 120 valence electrons. The number of hydrogen-bond acceptors (Lipinski definition) is 4. The topological polar surface area (TPSA) is 64.6 Å². The minimum atomic E-state index is -0.952. The van der Waals surface area contributed by atoms with Crippen molar-refractivity contribution < 1.29 is 19.1 Å². The third kappa shape index (κ3) is 4.85. The van der Waals surface area contributed by atoms with Gasteiger partial charge in [0, 0.05) is 19.0 Å². The first-order chi connectivity index (χ1) is 11.1. The molecular formula is C18H19NO4. The molecule has 23 heavy (non-hydrogen) atoms. The standard InChI is InChI=1S/C18H19NO4/c1-13(20)23-17(15-6-4-3-5-7-15)18(21)19-12-14-8-10-16(22-2)11-9-14/h3-11,17H,12H2,1-2H3,(H,19,21). The second-order valence-electron chi connectivity index (χ2n) is 4.97. The molecule has 0 saturated carbocycles. The molecule has 2 aromatic carbocycles. The molecule has 0 aliphatic heterocycles. The SMILES string of the molecule is COc1ccc(CNC(=O)C(OC(C)=O)c2ccccc2)cc1. The van der Waals surface area contributed by atoms with Crippen LogP contribution in [-0.2, 0) is 20.9 Å². The van der Waals surface area contributed by atoms with Crippen molar-refractivity contribution in [2.45, 2.75) is 19.6 Å². The number of rotatable bonds is 6. The van der Waals surface area contributed by atoms with Crippen LogP contribution in [0.5, 0.6) is 5.75 Å². The molecule has 0 aliphatic carbocycles. The number of benzene rings is 2. The fourth-order valence-corrected chi connectivity index (χ4v) is 2.09. The second kappa shape index (κ2) is 7.98. The van der Waals surface area contributed by atoms with Crippen molar-refractivity contribution in [3.63, 3.8) is 0 Å². The van der Waals surface area contributed by atoms with Gasteiger partial charge in [0.05, 0.1) is 7.11 Å². The monoisotopic (exact) mass is 313 g/mol. The van der Waals surface area contributed by atoms with Gasteiger partial charge in [-0.05, 0) is 17.7 Å². The van der Waals surface area contributed by atoms with E-state index in [1.54, 1.807) is 31.4 Å². The van der Waals surface area contributed by atoms with Gasteiger partial charge in [0.15, 0.2) is 0 Å². The average Bonchev–Trinajstić information content (AvgIpc) is 2.58. The number of carbonyl (C=O) groups excluding carboxylic acids is 2. The van der Waals surface area contributed by atoms with Crippen molar-refractivity contribution in [2.24, 2.45) is 0 Å². The van der Waals surface area contributed by atoms with Crippen LogP contribution in [0.2, 0.25) is 0 Å². The maximum absolute atomic E-state index is 12.4. The molecule has 0 bridgehead atoms. The van der Waals surface area contributed by atoms with Gasteiger partial charge in [-0.3, -0.25) is 9.59 Å². The lowest BCUT2D eigenvalue weighted by Gasteiger charge is -2.17. The van der Waals surface area contributed by atoms with Crippen molar-refractivity contribution in [3.05, 3.63) is 65.7 Å². The van der Waals surface area contributed by atoms with Crippen LogP contribution >= 0.6 is 0 Å². The predicted octanol–water partition coefficient (Wildman–Crippen LogP) is 2.62. The quantitative estimate of drug-likeness (QED) is 0.833. The number of hydrogen-bond donors (Lipinski definition) is 1. The van der Waals surface area contributed by atoms with Crippen LogP contribution in [0.15, 0.2) is 54.6 Å². The van der Waals surface area contributed by atoms with Crippen LogP contribution in [0, 0.1) is 0 Å². The molecule has 0 fully saturated rings. The molecule has 1 N–H and O–H groups in total. The van der Waals surface area contributed by atoms with E-state index in [1.807, 2.05) is 30.3 Å². The minimum absolute atomic E-state index is 0.341. The second-order valence-corrected chi connectivity index (χ2v) is 4.97. The average molecular weight is 313 g/mol. The van der Waals surface area contributed by atoms with Gasteiger partial charge in [-0.2, -0.15) is 0 Å². The molecule has 0 radical (unpaired) electrons. The predicted molar refractivity (Wildman–Crippen MR) is 85.8 cm³/mol. The summed E-state index contributed by atoms with van der Waals surface area (Å²) in [4.78, 5) is 23.6. The molecule has 2 aromatic rings. The molecule has 0 aliphatic rings. The summed E-state index contributed by atoms with van der Waals surface area (Å²) in [5.41, 5.74) is 1.56. The van der Waals surface area contributed by atoms with Gasteiger partial charge in [0.1, 0.15) is 5.75 Å². The van der Waals surface area contributed by atoms with Crippen LogP contribution in [0.25, 0.3) is 0 Å². The van der Waals surface area contributed by atoms with E-state index in [2.05, 4.69) is 5.32 Å². The molecule has 2 rings (SSSR count). The molecule has 5 nitrogen and oxygen atoms in total. The summed E-state index contributed by atoms with van der Waals surface area (Å²) in [6.45, 7) is 1.63. The summed E-state index contributed by atoms with van der Waals surface area (Å²) in [6, 6.07) is 16.3. The van der Waals surface area contributed by atoms with E-state index in [0.29, 0.717) is 12.1 Å². The molecule has 1 amide bonds. The zero-order valence-corrected chi connectivity index (χ0v) is 13.1. The maximum Gasteiger partial charge on any atom is 0.303 e. The Hall–Kier alpha value is -2.82. The normalized spacial score (nSPS) is 11.4. The zero-order chi connectivity index (χ0) is 16.7. The van der Waals surface area contributed by atoms with Gasteiger partial charge in [0.2, 0.25) is 6.10 Å². The Morgan fingerprint density at radius 2 is 1.70 bits per heavy atom. The minimum Gasteiger partial charge on any atom is -0.497 e. The summed E-state index contributed by atoms with van der Waals surface area (Å²) in [5.74, 6) is -0.108. The van der Waals surface area contributed by atoms with Gasteiger partial charge >= 0.3 is 5.97 Å². The van der Waals surface area contributed by atoms with Crippen LogP contribution in [-0.4, -0.2) is 19.0 Å². The summed E-state index contributed by atoms with van der Waals surface area (Å²) >= 11 is 0. The Morgan fingerprint density at radius 3 is 2.26 bits per heavy atom. The third-order valence-corrected chi connectivity index (χ3v) is 3.25. The van der Waals surface area contributed by atoms with E-state index < -0.39 is 12.1 Å². The first-order valence-electron chi connectivity index (χ1n) is 7.23.